The summed E-state index contributed by atoms with van der Waals surface area (Å²) in [6.07, 6.45) is 4.60. The predicted octanol–water partition coefficient (Wildman–Crippen LogP) is 0.689. The third-order valence-corrected chi connectivity index (χ3v) is 5.19. The highest BCUT2D eigenvalue weighted by molar-refractivity contribution is 7.90. The van der Waals surface area contributed by atoms with Crippen molar-refractivity contribution < 1.29 is 13.2 Å². The molecule has 1 aliphatic carbocycles. The Kier molecular flexibility index (Phi) is 5.80. The molecule has 0 aromatic rings. The van der Waals surface area contributed by atoms with Gasteiger partial charge in [-0.15, -0.1) is 0 Å². The van der Waals surface area contributed by atoms with Gasteiger partial charge >= 0.3 is 0 Å². The van der Waals surface area contributed by atoms with Crippen LogP contribution < -0.4 is 11.1 Å². The average Bonchev–Trinajstić information content (AvgIpc) is 2.66. The minimum atomic E-state index is -3.06. The topological polar surface area (TPSA) is 89.3 Å². The van der Waals surface area contributed by atoms with Crippen molar-refractivity contribution in [2.24, 2.45) is 17.6 Å². The highest BCUT2D eigenvalue weighted by atomic mass is 32.2. The van der Waals surface area contributed by atoms with Crippen LogP contribution in [0.2, 0.25) is 0 Å². The zero-order valence-corrected chi connectivity index (χ0v) is 12.9. The molecule has 3 N–H and O–H groups in total. The SMILES string of the molecule is CCC1CCC(NC(=O)C(N)CCS(C)(=O)=O)C1C. The van der Waals surface area contributed by atoms with Crippen LogP contribution >= 0.6 is 0 Å². The third-order valence-electron chi connectivity index (χ3n) is 4.22. The molecule has 19 heavy (non-hydrogen) atoms. The van der Waals surface area contributed by atoms with Crippen LogP contribution in [0.15, 0.2) is 0 Å². The van der Waals surface area contributed by atoms with Crippen LogP contribution in [0.1, 0.15) is 39.5 Å². The van der Waals surface area contributed by atoms with E-state index in [1.165, 1.54) is 0 Å². The van der Waals surface area contributed by atoms with Crippen LogP contribution in [-0.4, -0.2) is 38.4 Å². The molecular weight excluding hydrogens is 264 g/mol. The fraction of sp³-hybridized carbons (Fsp3) is 0.923. The van der Waals surface area contributed by atoms with Gasteiger partial charge in [0, 0.05) is 12.3 Å². The molecule has 1 fully saturated rings. The van der Waals surface area contributed by atoms with Crippen LogP contribution in [0.5, 0.6) is 0 Å². The maximum absolute atomic E-state index is 11.9. The van der Waals surface area contributed by atoms with Gasteiger partial charge in [0.2, 0.25) is 5.91 Å². The Hall–Kier alpha value is -0.620. The van der Waals surface area contributed by atoms with Crippen LogP contribution in [-0.2, 0) is 14.6 Å². The summed E-state index contributed by atoms with van der Waals surface area (Å²) in [5, 5.41) is 2.97. The number of nitrogens with one attached hydrogen (secondary N) is 1. The van der Waals surface area contributed by atoms with Gasteiger partial charge in [0.1, 0.15) is 9.84 Å². The van der Waals surface area contributed by atoms with E-state index in [9.17, 15) is 13.2 Å². The van der Waals surface area contributed by atoms with Crippen LogP contribution in [0, 0.1) is 11.8 Å². The fourth-order valence-corrected chi connectivity index (χ4v) is 3.47. The van der Waals surface area contributed by atoms with Crippen molar-refractivity contribution >= 4 is 15.7 Å². The largest absolute Gasteiger partial charge is 0.352 e. The van der Waals surface area contributed by atoms with E-state index in [-0.39, 0.29) is 24.1 Å². The first-order valence-corrected chi connectivity index (χ1v) is 9.04. The Labute approximate surface area is 116 Å². The standard InChI is InChI=1S/C13H26N2O3S/c1-4-10-5-6-12(9(10)2)15-13(16)11(14)7-8-19(3,17)18/h9-12H,4-8,14H2,1-3H3,(H,15,16). The van der Waals surface area contributed by atoms with Crippen molar-refractivity contribution in [1.29, 1.82) is 0 Å². The Morgan fingerprint density at radius 2 is 2.05 bits per heavy atom. The third kappa shape index (κ3) is 5.10. The van der Waals surface area contributed by atoms with Crippen molar-refractivity contribution in [3.05, 3.63) is 0 Å². The molecule has 4 unspecified atom stereocenters. The maximum Gasteiger partial charge on any atom is 0.237 e. The van der Waals surface area contributed by atoms with Gasteiger partial charge < -0.3 is 11.1 Å². The summed E-state index contributed by atoms with van der Waals surface area (Å²) in [6, 6.07) is -0.552. The predicted molar refractivity (Wildman–Crippen MR) is 76.4 cm³/mol. The van der Waals surface area contributed by atoms with Gasteiger partial charge in [0.15, 0.2) is 0 Å². The molecule has 112 valence electrons. The molecule has 0 radical (unpaired) electrons. The molecule has 1 aliphatic rings. The van der Waals surface area contributed by atoms with Gasteiger partial charge in [-0.25, -0.2) is 8.42 Å². The minimum absolute atomic E-state index is 0.0423. The molecule has 1 amide bonds. The van der Waals surface area contributed by atoms with E-state index in [1.807, 2.05) is 0 Å². The summed E-state index contributed by atoms with van der Waals surface area (Å²) in [6.45, 7) is 4.33. The normalized spacial score (nSPS) is 29.2. The van der Waals surface area contributed by atoms with Gasteiger partial charge in [-0.1, -0.05) is 20.3 Å². The van der Waals surface area contributed by atoms with Gasteiger partial charge in [-0.3, -0.25) is 4.79 Å². The first-order chi connectivity index (χ1) is 8.74. The first kappa shape index (κ1) is 16.4. The molecule has 6 heteroatoms. The number of amides is 1. The van der Waals surface area contributed by atoms with Crippen molar-refractivity contribution in [3.8, 4) is 0 Å². The van der Waals surface area contributed by atoms with Gasteiger partial charge in [0.25, 0.3) is 0 Å². The number of carbonyl (C=O) groups is 1. The van der Waals surface area contributed by atoms with Gasteiger partial charge in [-0.2, -0.15) is 0 Å². The minimum Gasteiger partial charge on any atom is -0.352 e. The highest BCUT2D eigenvalue weighted by Crippen LogP contribution is 2.33. The summed E-state index contributed by atoms with van der Waals surface area (Å²) in [4.78, 5) is 11.9. The Balaban J connectivity index is 2.42. The summed E-state index contributed by atoms with van der Waals surface area (Å²) in [5.41, 5.74) is 5.74. The van der Waals surface area contributed by atoms with Crippen molar-refractivity contribution in [2.75, 3.05) is 12.0 Å². The van der Waals surface area contributed by atoms with E-state index < -0.39 is 15.9 Å². The van der Waals surface area contributed by atoms with Crippen LogP contribution in [0.4, 0.5) is 0 Å². The van der Waals surface area contributed by atoms with Crippen LogP contribution in [0.25, 0.3) is 0 Å². The van der Waals surface area contributed by atoms with Crippen molar-refractivity contribution in [3.63, 3.8) is 0 Å². The smallest absolute Gasteiger partial charge is 0.237 e. The molecule has 0 spiro atoms. The van der Waals surface area contributed by atoms with Gasteiger partial charge in [0.05, 0.1) is 11.8 Å². The number of sulfone groups is 1. The Morgan fingerprint density at radius 3 is 2.53 bits per heavy atom. The van der Waals surface area contributed by atoms with E-state index in [1.54, 1.807) is 0 Å². The first-order valence-electron chi connectivity index (χ1n) is 6.98. The molecule has 0 aromatic heterocycles. The quantitative estimate of drug-likeness (QED) is 0.753. The second-order valence-electron chi connectivity index (χ2n) is 5.74. The molecule has 0 saturated heterocycles. The molecule has 1 rings (SSSR count). The van der Waals surface area contributed by atoms with Crippen LogP contribution in [0.3, 0.4) is 0 Å². The van der Waals surface area contributed by atoms with E-state index in [0.29, 0.717) is 11.8 Å². The maximum atomic E-state index is 11.9. The molecule has 0 bridgehead atoms. The fourth-order valence-electron chi connectivity index (χ4n) is 2.79. The molecular formula is C13H26N2O3S. The molecule has 4 atom stereocenters. The molecule has 0 aliphatic heterocycles. The molecule has 5 nitrogen and oxygen atoms in total. The molecule has 0 aromatic carbocycles. The highest BCUT2D eigenvalue weighted by Gasteiger charge is 2.33. The Bertz CT molecular complexity index is 408. The summed E-state index contributed by atoms with van der Waals surface area (Å²) in [5.74, 6) is 0.866. The zero-order chi connectivity index (χ0) is 14.6. The molecule has 0 heterocycles. The monoisotopic (exact) mass is 290 g/mol. The summed E-state index contributed by atoms with van der Waals surface area (Å²) in [7, 11) is -3.06. The van der Waals surface area contributed by atoms with Gasteiger partial charge in [-0.05, 0) is 31.1 Å². The number of nitrogens with two attached hydrogens (primary N) is 1. The lowest BCUT2D eigenvalue weighted by Gasteiger charge is -2.22. The zero-order valence-electron chi connectivity index (χ0n) is 12.1. The van der Waals surface area contributed by atoms with E-state index in [2.05, 4.69) is 19.2 Å². The number of hydrogen-bond acceptors (Lipinski definition) is 4. The summed E-state index contributed by atoms with van der Waals surface area (Å²) < 4.78 is 22.1. The van der Waals surface area contributed by atoms with E-state index in [0.717, 1.165) is 25.5 Å². The van der Waals surface area contributed by atoms with Crippen molar-refractivity contribution in [1.82, 2.24) is 5.32 Å². The lowest BCUT2D eigenvalue weighted by Crippen LogP contribution is -2.47. The second-order valence-corrected chi connectivity index (χ2v) is 8.00. The second kappa shape index (κ2) is 6.70. The van der Waals surface area contributed by atoms with E-state index in [4.69, 9.17) is 5.73 Å². The average molecular weight is 290 g/mol. The van der Waals surface area contributed by atoms with E-state index >= 15 is 0 Å². The summed E-state index contributed by atoms with van der Waals surface area (Å²) >= 11 is 0. The lowest BCUT2D eigenvalue weighted by atomic mass is 9.93. The van der Waals surface area contributed by atoms with Crippen molar-refractivity contribution in [2.45, 2.75) is 51.6 Å². The Morgan fingerprint density at radius 1 is 1.42 bits per heavy atom. The lowest BCUT2D eigenvalue weighted by molar-refractivity contribution is -0.123. The number of rotatable bonds is 6. The number of hydrogen-bond donors (Lipinski definition) is 2. The molecule has 1 saturated carbocycles. The number of carbonyl (C=O) groups excluding carboxylic acids is 1.